The van der Waals surface area contributed by atoms with E-state index < -0.39 is 0 Å². The second-order valence-corrected chi connectivity index (χ2v) is 5.22. The predicted molar refractivity (Wildman–Crippen MR) is 61.0 cm³/mol. The van der Waals surface area contributed by atoms with Gasteiger partial charge in [-0.1, -0.05) is 20.8 Å². The monoisotopic (exact) mass is 211 g/mol. The Morgan fingerprint density at radius 3 is 2.57 bits per heavy atom. The molecular weight excluding hydrogens is 194 g/mol. The molecule has 0 aliphatic heterocycles. The average molecular weight is 211 g/mol. The summed E-state index contributed by atoms with van der Waals surface area (Å²) >= 11 is 1.65. The van der Waals surface area contributed by atoms with Gasteiger partial charge in [-0.15, -0.1) is 11.3 Å². The van der Waals surface area contributed by atoms with Crippen LogP contribution in [0.25, 0.3) is 0 Å². The highest BCUT2D eigenvalue weighted by molar-refractivity contribution is 7.10. The van der Waals surface area contributed by atoms with Gasteiger partial charge in [0, 0.05) is 16.8 Å². The molecule has 0 saturated heterocycles. The lowest BCUT2D eigenvalue weighted by atomic mass is 9.94. The number of amides is 1. The molecule has 0 spiro atoms. The van der Waals surface area contributed by atoms with Crippen LogP contribution in [-0.2, 0) is 5.41 Å². The van der Waals surface area contributed by atoms with Crippen LogP contribution in [0.3, 0.4) is 0 Å². The first-order chi connectivity index (χ1) is 6.45. The number of thiophene rings is 1. The fraction of sp³-hybridized carbons (Fsp3) is 0.545. The second-order valence-electron chi connectivity index (χ2n) is 4.31. The Morgan fingerprint density at radius 1 is 1.50 bits per heavy atom. The quantitative estimate of drug-likeness (QED) is 0.800. The molecule has 0 saturated carbocycles. The van der Waals surface area contributed by atoms with Crippen LogP contribution in [0.15, 0.2) is 11.4 Å². The van der Waals surface area contributed by atoms with Crippen LogP contribution in [0, 0.1) is 0 Å². The molecule has 1 heterocycles. The highest BCUT2D eigenvalue weighted by atomic mass is 32.1. The lowest BCUT2D eigenvalue weighted by Gasteiger charge is -2.15. The van der Waals surface area contributed by atoms with Gasteiger partial charge in [0.05, 0.1) is 5.56 Å². The summed E-state index contributed by atoms with van der Waals surface area (Å²) in [5.74, 6) is 0.0271. The van der Waals surface area contributed by atoms with Crippen LogP contribution >= 0.6 is 11.3 Å². The van der Waals surface area contributed by atoms with Gasteiger partial charge < -0.3 is 5.32 Å². The van der Waals surface area contributed by atoms with E-state index >= 15 is 0 Å². The van der Waals surface area contributed by atoms with Crippen molar-refractivity contribution in [3.05, 3.63) is 21.9 Å². The van der Waals surface area contributed by atoms with Crippen molar-refractivity contribution in [2.45, 2.75) is 33.1 Å². The number of hydrogen-bond acceptors (Lipinski definition) is 2. The highest BCUT2D eigenvalue weighted by Gasteiger charge is 2.17. The second kappa shape index (κ2) is 4.13. The summed E-state index contributed by atoms with van der Waals surface area (Å²) < 4.78 is 0. The van der Waals surface area contributed by atoms with Crippen LogP contribution < -0.4 is 5.32 Å². The SMILES string of the molecule is CCNC(=O)c1csc(C(C)(C)C)c1. The number of nitrogens with one attached hydrogen (secondary N) is 1. The molecule has 14 heavy (non-hydrogen) atoms. The Morgan fingerprint density at radius 2 is 2.14 bits per heavy atom. The first-order valence-electron chi connectivity index (χ1n) is 4.82. The zero-order valence-electron chi connectivity index (χ0n) is 9.18. The minimum atomic E-state index is 0.0271. The lowest BCUT2D eigenvalue weighted by Crippen LogP contribution is -2.22. The largest absolute Gasteiger partial charge is 0.352 e. The molecule has 1 aromatic rings. The van der Waals surface area contributed by atoms with Crippen molar-refractivity contribution in [1.82, 2.24) is 5.32 Å². The molecule has 0 bridgehead atoms. The van der Waals surface area contributed by atoms with Gasteiger partial charge in [0.1, 0.15) is 0 Å². The van der Waals surface area contributed by atoms with Crippen LogP contribution in [0.1, 0.15) is 42.9 Å². The maximum Gasteiger partial charge on any atom is 0.252 e. The van der Waals surface area contributed by atoms with Gasteiger partial charge >= 0.3 is 0 Å². The molecule has 78 valence electrons. The maximum atomic E-state index is 11.5. The summed E-state index contributed by atoms with van der Waals surface area (Å²) in [6.45, 7) is 9.06. The molecule has 0 radical (unpaired) electrons. The lowest BCUT2D eigenvalue weighted by molar-refractivity contribution is 0.0956. The minimum absolute atomic E-state index is 0.0271. The number of carbonyl (C=O) groups is 1. The average Bonchev–Trinajstić information content (AvgIpc) is 2.51. The van der Waals surface area contributed by atoms with Gasteiger partial charge in [0.25, 0.3) is 5.91 Å². The Balaban J connectivity index is 2.83. The predicted octanol–water partition coefficient (Wildman–Crippen LogP) is 2.80. The third-order valence-electron chi connectivity index (χ3n) is 1.94. The van der Waals surface area contributed by atoms with Crippen molar-refractivity contribution in [2.24, 2.45) is 0 Å². The van der Waals surface area contributed by atoms with E-state index in [2.05, 4.69) is 26.1 Å². The van der Waals surface area contributed by atoms with E-state index in [0.29, 0.717) is 6.54 Å². The first-order valence-corrected chi connectivity index (χ1v) is 5.70. The van der Waals surface area contributed by atoms with Crippen molar-refractivity contribution < 1.29 is 4.79 Å². The molecule has 3 heteroatoms. The van der Waals surface area contributed by atoms with Crippen molar-refractivity contribution in [3.63, 3.8) is 0 Å². The molecular formula is C11H17NOS. The van der Waals surface area contributed by atoms with Crippen molar-refractivity contribution in [3.8, 4) is 0 Å². The summed E-state index contributed by atoms with van der Waals surface area (Å²) in [5.41, 5.74) is 0.914. The maximum absolute atomic E-state index is 11.5. The highest BCUT2D eigenvalue weighted by Crippen LogP contribution is 2.28. The van der Waals surface area contributed by atoms with Crippen LogP contribution in [0.5, 0.6) is 0 Å². The van der Waals surface area contributed by atoms with Gasteiger partial charge in [-0.2, -0.15) is 0 Å². The fourth-order valence-electron chi connectivity index (χ4n) is 1.11. The molecule has 0 atom stereocenters. The van der Waals surface area contributed by atoms with E-state index in [1.165, 1.54) is 4.88 Å². The minimum Gasteiger partial charge on any atom is -0.352 e. The molecule has 0 unspecified atom stereocenters. The molecule has 1 rings (SSSR count). The normalized spacial score (nSPS) is 11.4. The molecule has 2 nitrogen and oxygen atoms in total. The van der Waals surface area contributed by atoms with E-state index in [4.69, 9.17) is 0 Å². The number of rotatable bonds is 2. The van der Waals surface area contributed by atoms with E-state index in [1.54, 1.807) is 11.3 Å². The van der Waals surface area contributed by atoms with E-state index in [9.17, 15) is 4.79 Å². The van der Waals surface area contributed by atoms with E-state index in [0.717, 1.165) is 5.56 Å². The Hall–Kier alpha value is -0.830. The van der Waals surface area contributed by atoms with Crippen molar-refractivity contribution >= 4 is 17.2 Å². The van der Waals surface area contributed by atoms with Crippen molar-refractivity contribution in [2.75, 3.05) is 6.54 Å². The van der Waals surface area contributed by atoms with Gasteiger partial charge in [0.15, 0.2) is 0 Å². The summed E-state index contributed by atoms with van der Waals surface area (Å²) in [6, 6.07) is 1.98. The van der Waals surface area contributed by atoms with Crippen LogP contribution in [0.4, 0.5) is 0 Å². The molecule has 0 aliphatic carbocycles. The Labute approximate surface area is 89.3 Å². The van der Waals surface area contributed by atoms with Gasteiger partial charge in [0.2, 0.25) is 0 Å². The van der Waals surface area contributed by atoms with Crippen LogP contribution in [-0.4, -0.2) is 12.5 Å². The fourth-order valence-corrected chi connectivity index (χ4v) is 2.09. The smallest absolute Gasteiger partial charge is 0.252 e. The third-order valence-corrected chi connectivity index (χ3v) is 3.29. The molecule has 0 aliphatic rings. The van der Waals surface area contributed by atoms with Gasteiger partial charge in [-0.3, -0.25) is 4.79 Å². The molecule has 1 amide bonds. The Kier molecular flexibility index (Phi) is 3.32. The van der Waals surface area contributed by atoms with E-state index in [-0.39, 0.29) is 11.3 Å². The number of carbonyl (C=O) groups excluding carboxylic acids is 1. The standard InChI is InChI=1S/C11H17NOS/c1-5-12-10(13)8-6-9(14-7-8)11(2,3)4/h6-7H,5H2,1-4H3,(H,12,13). The zero-order chi connectivity index (χ0) is 10.8. The molecule has 0 fully saturated rings. The van der Waals surface area contributed by atoms with Gasteiger partial charge in [-0.05, 0) is 18.4 Å². The summed E-state index contributed by atoms with van der Waals surface area (Å²) in [7, 11) is 0. The summed E-state index contributed by atoms with van der Waals surface area (Å²) in [4.78, 5) is 12.7. The summed E-state index contributed by atoms with van der Waals surface area (Å²) in [6.07, 6.45) is 0. The van der Waals surface area contributed by atoms with Crippen LogP contribution in [0.2, 0.25) is 0 Å². The third kappa shape index (κ3) is 2.58. The Bertz CT molecular complexity index is 322. The van der Waals surface area contributed by atoms with Gasteiger partial charge in [-0.25, -0.2) is 0 Å². The zero-order valence-corrected chi connectivity index (χ0v) is 9.99. The summed E-state index contributed by atoms with van der Waals surface area (Å²) in [5, 5.41) is 4.72. The first kappa shape index (κ1) is 11.2. The van der Waals surface area contributed by atoms with E-state index in [1.807, 2.05) is 18.4 Å². The van der Waals surface area contributed by atoms with Crippen molar-refractivity contribution in [1.29, 1.82) is 0 Å². The number of hydrogen-bond donors (Lipinski definition) is 1. The molecule has 0 aromatic carbocycles. The topological polar surface area (TPSA) is 29.1 Å². The molecule has 1 aromatic heterocycles. The molecule has 1 N–H and O–H groups in total.